The third-order valence-electron chi connectivity index (χ3n) is 2.59. The van der Waals surface area contributed by atoms with Gasteiger partial charge in [0, 0.05) is 5.56 Å². The maximum absolute atomic E-state index is 9.43. The molecule has 0 saturated carbocycles. The lowest BCUT2D eigenvalue weighted by atomic mass is 10.1. The molecule has 2 rings (SSSR count). The van der Waals surface area contributed by atoms with E-state index in [9.17, 15) is 5.11 Å². The third kappa shape index (κ3) is 2.12. The molecule has 0 saturated heterocycles. The molecule has 0 aliphatic heterocycles. The van der Waals surface area contributed by atoms with Crippen LogP contribution in [0.25, 0.3) is 11.4 Å². The van der Waals surface area contributed by atoms with Crippen molar-refractivity contribution in [1.82, 2.24) is 10.1 Å². The van der Waals surface area contributed by atoms with Crippen molar-refractivity contribution in [2.24, 2.45) is 0 Å². The Morgan fingerprint density at radius 3 is 2.50 bits per heavy atom. The monoisotopic (exact) mass is 218 g/mol. The molecule has 2 atom stereocenters. The minimum atomic E-state index is -0.496. The molecule has 4 heteroatoms. The number of aliphatic hydroxyl groups is 1. The van der Waals surface area contributed by atoms with Crippen LogP contribution in [0.4, 0.5) is 0 Å². The smallest absolute Gasteiger partial charge is 0.232 e. The molecule has 1 heterocycles. The van der Waals surface area contributed by atoms with E-state index < -0.39 is 6.10 Å². The number of aliphatic hydroxyl groups excluding tert-OH is 1. The van der Waals surface area contributed by atoms with Gasteiger partial charge in [0.05, 0.1) is 12.0 Å². The molecule has 1 aromatic heterocycles. The van der Waals surface area contributed by atoms with Crippen molar-refractivity contribution in [3.8, 4) is 11.4 Å². The summed E-state index contributed by atoms with van der Waals surface area (Å²) in [6.45, 7) is 3.56. The van der Waals surface area contributed by atoms with Crippen molar-refractivity contribution in [2.45, 2.75) is 25.9 Å². The minimum absolute atomic E-state index is 0.148. The third-order valence-corrected chi connectivity index (χ3v) is 2.59. The van der Waals surface area contributed by atoms with Gasteiger partial charge in [-0.3, -0.25) is 0 Å². The van der Waals surface area contributed by atoms with Crippen LogP contribution in [-0.4, -0.2) is 21.4 Å². The first-order valence-corrected chi connectivity index (χ1v) is 5.25. The van der Waals surface area contributed by atoms with Crippen molar-refractivity contribution >= 4 is 0 Å². The van der Waals surface area contributed by atoms with E-state index in [0.717, 1.165) is 5.56 Å². The Hall–Kier alpha value is -1.68. The fourth-order valence-electron chi connectivity index (χ4n) is 1.33. The maximum Gasteiger partial charge on any atom is 0.232 e. The fourth-order valence-corrected chi connectivity index (χ4v) is 1.33. The normalized spacial score (nSPS) is 14.7. The zero-order valence-electron chi connectivity index (χ0n) is 9.29. The topological polar surface area (TPSA) is 59.2 Å². The Bertz CT molecular complexity index is 451. The summed E-state index contributed by atoms with van der Waals surface area (Å²) >= 11 is 0. The summed E-state index contributed by atoms with van der Waals surface area (Å²) < 4.78 is 5.12. The molecule has 16 heavy (non-hydrogen) atoms. The molecule has 2 unspecified atom stereocenters. The SMILES string of the molecule is CC(O)C(C)c1nc(-c2ccccc2)no1. The van der Waals surface area contributed by atoms with E-state index in [-0.39, 0.29) is 5.92 Å². The molecular formula is C12H14N2O2. The highest BCUT2D eigenvalue weighted by Crippen LogP contribution is 2.21. The standard InChI is InChI=1S/C12H14N2O2/c1-8(9(2)15)12-13-11(14-16-12)10-6-4-3-5-7-10/h3-9,15H,1-2H3. The number of benzene rings is 1. The Balaban J connectivity index is 2.27. The average molecular weight is 218 g/mol. The van der Waals surface area contributed by atoms with Crippen LogP contribution < -0.4 is 0 Å². The fraction of sp³-hybridized carbons (Fsp3) is 0.333. The second-order valence-corrected chi connectivity index (χ2v) is 3.85. The molecule has 0 amide bonds. The van der Waals surface area contributed by atoms with Crippen LogP contribution in [-0.2, 0) is 0 Å². The van der Waals surface area contributed by atoms with Crippen molar-refractivity contribution in [3.05, 3.63) is 36.2 Å². The Labute approximate surface area is 93.9 Å². The molecule has 0 radical (unpaired) electrons. The van der Waals surface area contributed by atoms with Crippen LogP contribution in [0.2, 0.25) is 0 Å². The number of rotatable bonds is 3. The highest BCUT2D eigenvalue weighted by molar-refractivity contribution is 5.53. The summed E-state index contributed by atoms with van der Waals surface area (Å²) in [5.41, 5.74) is 0.912. The average Bonchev–Trinajstić information content (AvgIpc) is 2.78. The molecule has 0 aliphatic rings. The summed E-state index contributed by atoms with van der Waals surface area (Å²) in [7, 11) is 0. The van der Waals surface area contributed by atoms with Crippen LogP contribution >= 0.6 is 0 Å². The van der Waals surface area contributed by atoms with Gasteiger partial charge in [-0.05, 0) is 6.92 Å². The summed E-state index contributed by atoms with van der Waals surface area (Å²) in [4.78, 5) is 4.26. The highest BCUT2D eigenvalue weighted by Gasteiger charge is 2.19. The van der Waals surface area contributed by atoms with Crippen LogP contribution in [0.1, 0.15) is 25.7 Å². The lowest BCUT2D eigenvalue weighted by molar-refractivity contribution is 0.151. The van der Waals surface area contributed by atoms with Gasteiger partial charge in [-0.1, -0.05) is 42.4 Å². The predicted molar refractivity (Wildman–Crippen MR) is 59.8 cm³/mol. The summed E-state index contributed by atoms with van der Waals surface area (Å²) in [5, 5.41) is 13.3. The summed E-state index contributed by atoms with van der Waals surface area (Å²) in [5.74, 6) is 0.877. The molecule has 0 fully saturated rings. The summed E-state index contributed by atoms with van der Waals surface area (Å²) in [6.07, 6.45) is -0.496. The summed E-state index contributed by atoms with van der Waals surface area (Å²) in [6, 6.07) is 9.61. The van der Waals surface area contributed by atoms with E-state index in [1.54, 1.807) is 6.92 Å². The number of hydrogen-bond donors (Lipinski definition) is 1. The first-order valence-electron chi connectivity index (χ1n) is 5.25. The van der Waals surface area contributed by atoms with E-state index in [0.29, 0.717) is 11.7 Å². The van der Waals surface area contributed by atoms with Crippen molar-refractivity contribution in [1.29, 1.82) is 0 Å². The van der Waals surface area contributed by atoms with Crippen LogP contribution in [0.3, 0.4) is 0 Å². The molecule has 1 aromatic carbocycles. The van der Waals surface area contributed by atoms with Gasteiger partial charge < -0.3 is 9.63 Å². The van der Waals surface area contributed by atoms with Crippen LogP contribution in [0.5, 0.6) is 0 Å². The highest BCUT2D eigenvalue weighted by atomic mass is 16.5. The lowest BCUT2D eigenvalue weighted by Crippen LogP contribution is -2.11. The molecular weight excluding hydrogens is 204 g/mol. The van der Waals surface area contributed by atoms with Gasteiger partial charge in [0.15, 0.2) is 0 Å². The molecule has 0 spiro atoms. The van der Waals surface area contributed by atoms with Gasteiger partial charge in [-0.15, -0.1) is 0 Å². The number of hydrogen-bond acceptors (Lipinski definition) is 4. The zero-order chi connectivity index (χ0) is 11.5. The van der Waals surface area contributed by atoms with Crippen molar-refractivity contribution in [2.75, 3.05) is 0 Å². The number of aromatic nitrogens is 2. The minimum Gasteiger partial charge on any atom is -0.393 e. The predicted octanol–water partition coefficient (Wildman–Crippen LogP) is 2.22. The molecule has 0 aliphatic carbocycles. The van der Waals surface area contributed by atoms with Gasteiger partial charge in [-0.2, -0.15) is 4.98 Å². The van der Waals surface area contributed by atoms with Gasteiger partial charge in [0.1, 0.15) is 0 Å². The van der Waals surface area contributed by atoms with Crippen molar-refractivity contribution < 1.29 is 9.63 Å². The first-order chi connectivity index (χ1) is 7.68. The Kier molecular flexibility index (Phi) is 3.01. The molecule has 1 N–H and O–H groups in total. The Morgan fingerprint density at radius 2 is 1.88 bits per heavy atom. The van der Waals surface area contributed by atoms with Gasteiger partial charge in [-0.25, -0.2) is 0 Å². The van der Waals surface area contributed by atoms with E-state index >= 15 is 0 Å². The lowest BCUT2D eigenvalue weighted by Gasteiger charge is -2.07. The van der Waals surface area contributed by atoms with Crippen LogP contribution in [0, 0.1) is 0 Å². The second kappa shape index (κ2) is 4.45. The van der Waals surface area contributed by atoms with E-state index in [2.05, 4.69) is 10.1 Å². The largest absolute Gasteiger partial charge is 0.393 e. The van der Waals surface area contributed by atoms with E-state index in [1.807, 2.05) is 37.3 Å². The van der Waals surface area contributed by atoms with E-state index in [4.69, 9.17) is 4.52 Å². The van der Waals surface area contributed by atoms with Gasteiger partial charge in [0.25, 0.3) is 0 Å². The Morgan fingerprint density at radius 1 is 1.19 bits per heavy atom. The zero-order valence-corrected chi connectivity index (χ0v) is 9.29. The molecule has 0 bridgehead atoms. The van der Waals surface area contributed by atoms with Crippen LogP contribution in [0.15, 0.2) is 34.9 Å². The first kappa shape index (κ1) is 10.8. The van der Waals surface area contributed by atoms with Crippen molar-refractivity contribution in [3.63, 3.8) is 0 Å². The quantitative estimate of drug-likeness (QED) is 0.858. The van der Waals surface area contributed by atoms with Gasteiger partial charge in [0.2, 0.25) is 11.7 Å². The van der Waals surface area contributed by atoms with Gasteiger partial charge >= 0.3 is 0 Å². The van der Waals surface area contributed by atoms with E-state index in [1.165, 1.54) is 0 Å². The molecule has 2 aromatic rings. The molecule has 84 valence electrons. The molecule has 4 nitrogen and oxygen atoms in total. The maximum atomic E-state index is 9.43. The number of nitrogens with zero attached hydrogens (tertiary/aromatic N) is 2. The second-order valence-electron chi connectivity index (χ2n) is 3.85.